The van der Waals surface area contributed by atoms with E-state index in [9.17, 15) is 0 Å². The molecule has 0 saturated carbocycles. The summed E-state index contributed by atoms with van der Waals surface area (Å²) in [6.45, 7) is 0. The minimum absolute atomic E-state index is 0. The summed E-state index contributed by atoms with van der Waals surface area (Å²) < 4.78 is 16.4. The predicted molar refractivity (Wildman–Crippen MR) is 653 cm³/mol. The molecule has 0 amide bonds. The third-order valence-electron chi connectivity index (χ3n) is 28.1. The highest BCUT2D eigenvalue weighted by molar-refractivity contribution is 14.1. The van der Waals surface area contributed by atoms with E-state index in [-0.39, 0.29) is 4.70 Å². The number of halogens is 7. The fourth-order valence-corrected chi connectivity index (χ4v) is 33.5. The van der Waals surface area contributed by atoms with Gasteiger partial charge in [0.2, 0.25) is 0 Å². The molecule has 4 heterocycles. The smallest absolute Gasteiger partial charge is 0.179 e. The number of para-hydroxylation sites is 6. The van der Waals surface area contributed by atoms with Crippen LogP contribution in [0.4, 0.5) is 21.8 Å². The van der Waals surface area contributed by atoms with Crippen LogP contribution < -0.4 is 46.4 Å². The fraction of sp³-hybridized carbons (Fsp3) is 0.00752. The first-order chi connectivity index (χ1) is 71.9. The minimum atomic E-state index is -2.81. The summed E-state index contributed by atoms with van der Waals surface area (Å²) in [5.41, 5.74) is 23.1. The second-order valence-corrected chi connectivity index (χ2v) is 49.9. The second-order valence-electron chi connectivity index (χ2n) is 36.5. The van der Waals surface area contributed by atoms with E-state index in [1.165, 1.54) is 166 Å². The number of aromatic nitrogens is 4. The Morgan fingerprint density at radius 3 is 0.707 bits per heavy atom. The molecule has 26 aromatic rings. The van der Waals surface area contributed by atoms with Crippen molar-refractivity contribution in [2.75, 3.05) is 4.90 Å². The lowest BCUT2D eigenvalue weighted by Gasteiger charge is -2.34. The number of fused-ring (bicyclic) bond motifs is 15. The first kappa shape index (κ1) is 97.1. The zero-order valence-corrected chi connectivity index (χ0v) is 91.7. The Morgan fingerprint density at radius 2 is 0.408 bits per heavy atom. The molecule has 0 unspecified atom stereocenters. The van der Waals surface area contributed by atoms with E-state index in [2.05, 4.69) is 653 Å². The molecule has 0 aliphatic heterocycles. The van der Waals surface area contributed by atoms with Crippen molar-refractivity contribution < 1.29 is 4.70 Å². The first-order valence-electron chi connectivity index (χ1n) is 48.8. The molecule has 0 bridgehead atoms. The maximum atomic E-state index is 3.75. The van der Waals surface area contributed by atoms with Crippen molar-refractivity contribution in [1.82, 2.24) is 18.3 Å². The van der Waals surface area contributed by atoms with E-state index in [0.717, 1.165) is 57.2 Å². The van der Waals surface area contributed by atoms with Crippen LogP contribution in [0.3, 0.4) is 0 Å². The molecular formula is C133H94Br5FIN5Si2. The van der Waals surface area contributed by atoms with Crippen LogP contribution in [0.15, 0.2) is 574 Å². The van der Waals surface area contributed by atoms with E-state index < -0.39 is 16.1 Å². The Morgan fingerprint density at radius 1 is 0.184 bits per heavy atom. The molecule has 0 N–H and O–H groups in total. The van der Waals surface area contributed by atoms with Gasteiger partial charge in [-0.2, -0.15) is 0 Å². The lowest BCUT2D eigenvalue weighted by Crippen LogP contribution is -2.74. The molecule has 27 rings (SSSR count). The van der Waals surface area contributed by atoms with Gasteiger partial charge in [0.05, 0.1) is 44.1 Å². The minimum Gasteiger partial charge on any atom is -0.310 e. The van der Waals surface area contributed by atoms with Crippen molar-refractivity contribution >= 4 is 264 Å². The van der Waals surface area contributed by atoms with Gasteiger partial charge in [-0.1, -0.05) is 425 Å². The van der Waals surface area contributed by atoms with Gasteiger partial charge in [-0.15, -0.1) is 0 Å². The zero-order chi connectivity index (χ0) is 98.6. The van der Waals surface area contributed by atoms with E-state index in [0.29, 0.717) is 0 Å². The van der Waals surface area contributed by atoms with Crippen molar-refractivity contribution in [1.29, 1.82) is 0 Å². The lowest BCUT2D eigenvalue weighted by atomic mass is 10.1. The van der Waals surface area contributed by atoms with Crippen LogP contribution in [0.5, 0.6) is 0 Å². The van der Waals surface area contributed by atoms with Crippen LogP contribution in [0.1, 0.15) is 11.1 Å². The first-order valence-corrected chi connectivity index (χ1v) is 57.9. The van der Waals surface area contributed by atoms with Crippen LogP contribution in [-0.4, -0.2) is 34.4 Å². The number of hydrogen-bond donors (Lipinski definition) is 0. The lowest BCUT2D eigenvalue weighted by molar-refractivity contribution is 1.11. The second kappa shape index (κ2) is 43.2. The highest BCUT2D eigenvalue weighted by Gasteiger charge is 2.44. The van der Waals surface area contributed by atoms with E-state index in [4.69, 9.17) is 0 Å². The van der Waals surface area contributed by atoms with Gasteiger partial charge in [0.1, 0.15) is 0 Å². The number of anilines is 3. The summed E-state index contributed by atoms with van der Waals surface area (Å²) in [5.74, 6) is 0. The third kappa shape index (κ3) is 18.9. The molecule has 0 atom stereocenters. The summed E-state index contributed by atoms with van der Waals surface area (Å²) >= 11 is 20.2. The number of rotatable bonds is 15. The van der Waals surface area contributed by atoms with E-state index in [1.807, 2.05) is 24.3 Å². The molecule has 22 aromatic carbocycles. The molecule has 5 nitrogen and oxygen atoms in total. The molecule has 1 aliphatic carbocycles. The Labute approximate surface area is 912 Å². The molecule has 4 aromatic heterocycles. The van der Waals surface area contributed by atoms with Crippen LogP contribution in [-0.2, 0) is 6.42 Å². The summed E-state index contributed by atoms with van der Waals surface area (Å²) in [6.07, 6.45) is 1.06. The Bertz CT molecular complexity index is 8900. The van der Waals surface area contributed by atoms with Gasteiger partial charge >= 0.3 is 0 Å². The highest BCUT2D eigenvalue weighted by Crippen LogP contribution is 2.46. The molecule has 0 fully saturated rings. The van der Waals surface area contributed by atoms with Gasteiger partial charge in [-0.3, -0.25) is 4.70 Å². The van der Waals surface area contributed by atoms with Crippen LogP contribution in [0.25, 0.3) is 121 Å². The third-order valence-corrected chi connectivity index (χ3v) is 40.8. The Balaban J connectivity index is 0.000000123. The summed E-state index contributed by atoms with van der Waals surface area (Å²) in [6, 6.07) is 200. The Kier molecular flexibility index (Phi) is 28.5. The van der Waals surface area contributed by atoms with Crippen molar-refractivity contribution in [3.8, 4) is 33.9 Å². The SMILES string of the molecule is Brc1ccc2c(c1)-c1cc(Br)ccc1C2.Brc1ccc2c(c1)c1cc(Br)ccc1n2-c1ccccc1.Brc1ccc2c(c1)c1cc([Si](c3ccccc3)(c3ccccc3)c3ccccc3)ccc1n2-c1ccccc1.F.Ic1ccccc1.c1ccc(N(c2ccc3c(c2)c2ccccc2n3-c2ccccc2)c2ccc3c(c2)c2cc([Si](c4ccccc4)(c4ccccc4)c4ccccc4)ccc2n3-c2ccccc2)cc1. The molecule has 1 aliphatic rings. The van der Waals surface area contributed by atoms with Gasteiger partial charge in [0.15, 0.2) is 16.1 Å². The standard InChI is InChI=1S/C60H43N3Si.C36H26BrNSi.C18H11Br2N.C13H8Br2.C6H5I.FH/c1-7-21-44(22-8-1)61(47-35-38-58-54(41-47)53-33-19-20-34-57(53)62(58)45-23-9-2-10-24-45)48-36-39-59-55(42-48)56-43-52(37-40-60(56)63(59)46-25-11-3-12-26-46)64(49-27-13-4-14-28-49,50-29-15-5-16-30-50)51-31-17-6-18-32-51;37-27-21-23-35-33(25-27)34-26-32(22-24-36(34)38(35)28-13-5-1-6-14-28)39(29-15-7-2-8-16-29,30-17-9-3-10-18-30)31-19-11-4-12-20-31;19-12-6-8-17-15(10-12)16-11-13(20)7-9-18(16)21(17)14-4-2-1-3-5-14;14-10-3-1-8-5-9-2-4-11(15)7-13(9)12(8)6-10;7-6-4-2-1-3-5-6;/h1-43H;1-26H;1-11H;1-4,6-7H,5H2;1-5H;1H. The van der Waals surface area contributed by atoms with Crippen LogP contribution >= 0.6 is 102 Å². The topological polar surface area (TPSA) is 23.0 Å². The van der Waals surface area contributed by atoms with Gasteiger partial charge in [0, 0.05) is 109 Å². The highest BCUT2D eigenvalue weighted by atomic mass is 127. The molecule has 0 spiro atoms. The predicted octanol–water partition coefficient (Wildman–Crippen LogP) is 33.2. The summed E-state index contributed by atoms with van der Waals surface area (Å²) in [5, 5.41) is 20.9. The van der Waals surface area contributed by atoms with Crippen molar-refractivity contribution in [3.63, 3.8) is 0 Å². The molecular weight excluding hydrogens is 2270 g/mol. The molecule has 0 radical (unpaired) electrons. The molecule has 0 saturated heterocycles. The van der Waals surface area contributed by atoms with E-state index in [1.54, 1.807) is 0 Å². The van der Waals surface area contributed by atoms with Crippen molar-refractivity contribution in [2.45, 2.75) is 6.42 Å². The van der Waals surface area contributed by atoms with Crippen molar-refractivity contribution in [3.05, 3.63) is 589 Å². The number of benzene rings is 22. The van der Waals surface area contributed by atoms with Crippen LogP contribution in [0.2, 0.25) is 0 Å². The van der Waals surface area contributed by atoms with Gasteiger partial charge in [-0.05, 0) is 299 Å². The van der Waals surface area contributed by atoms with E-state index >= 15 is 0 Å². The summed E-state index contributed by atoms with van der Waals surface area (Å²) in [4.78, 5) is 2.42. The Hall–Kier alpha value is -14.7. The molecule has 708 valence electrons. The average molecular weight is 2360 g/mol. The van der Waals surface area contributed by atoms with Gasteiger partial charge in [-0.25, -0.2) is 0 Å². The number of hydrogen-bond acceptors (Lipinski definition) is 1. The maximum Gasteiger partial charge on any atom is 0.179 e. The quantitative estimate of drug-likeness (QED) is 0.0570. The average Bonchev–Trinajstić information content (AvgIpc) is 1.20. The van der Waals surface area contributed by atoms with Gasteiger partial charge < -0.3 is 23.2 Å². The maximum absolute atomic E-state index is 3.75. The molecule has 147 heavy (non-hydrogen) atoms. The van der Waals surface area contributed by atoms with Crippen molar-refractivity contribution in [2.24, 2.45) is 0 Å². The van der Waals surface area contributed by atoms with Crippen LogP contribution in [0, 0.1) is 3.57 Å². The molecule has 14 heteroatoms. The normalized spacial score (nSPS) is 11.5. The number of nitrogens with zero attached hydrogens (tertiary/aromatic N) is 5. The summed E-state index contributed by atoms with van der Waals surface area (Å²) in [7, 11) is -5.42. The van der Waals surface area contributed by atoms with Gasteiger partial charge in [0.25, 0.3) is 0 Å². The fourth-order valence-electron chi connectivity index (χ4n) is 21.8. The monoisotopic (exact) mass is 2360 g/mol. The largest absolute Gasteiger partial charge is 0.310 e. The zero-order valence-electron chi connectivity index (χ0n) is 79.7.